The number of hydrogen-bond donors (Lipinski definition) is 0. The fraction of sp³-hybridized carbons (Fsp3) is 0.182. The fourth-order valence-corrected chi connectivity index (χ4v) is 4.81. The van der Waals surface area contributed by atoms with Crippen LogP contribution in [0.25, 0.3) is 27.5 Å². The standard InChI is InChI=1S/C22H14F6IN/c1-11-7-15(29)8-12(2)20(11)30-18-5-3-13(21(23,24)25)9-16(18)17-10-14(22(26,27)28)4-6-19(17)30/h3-10H,1-2H3. The number of benzene rings is 3. The summed E-state index contributed by atoms with van der Waals surface area (Å²) in [5.74, 6) is 0. The van der Waals surface area contributed by atoms with Gasteiger partial charge in [-0.2, -0.15) is 26.3 Å². The summed E-state index contributed by atoms with van der Waals surface area (Å²) in [6, 6.07) is 10.3. The Morgan fingerprint density at radius 3 is 1.43 bits per heavy atom. The van der Waals surface area contributed by atoms with E-state index in [0.29, 0.717) is 11.0 Å². The number of rotatable bonds is 1. The molecule has 1 heterocycles. The lowest BCUT2D eigenvalue weighted by Gasteiger charge is -2.15. The molecule has 0 spiro atoms. The second-order valence-corrected chi connectivity index (χ2v) is 8.43. The van der Waals surface area contributed by atoms with E-state index in [1.807, 2.05) is 26.0 Å². The average Bonchev–Trinajstić information content (AvgIpc) is 2.93. The zero-order chi connectivity index (χ0) is 22.0. The quantitative estimate of drug-likeness (QED) is 0.173. The highest BCUT2D eigenvalue weighted by molar-refractivity contribution is 14.1. The molecule has 0 unspecified atom stereocenters. The fourth-order valence-electron chi connectivity index (χ4n) is 3.87. The maximum atomic E-state index is 13.3. The first-order chi connectivity index (χ1) is 13.9. The van der Waals surface area contributed by atoms with E-state index in [2.05, 4.69) is 22.6 Å². The van der Waals surface area contributed by atoms with Crippen LogP contribution in [0.1, 0.15) is 22.3 Å². The Bertz CT molecular complexity index is 1200. The Hall–Kier alpha value is -2.23. The van der Waals surface area contributed by atoms with Gasteiger partial charge in [-0.1, -0.05) is 0 Å². The molecular weight excluding hydrogens is 519 g/mol. The Morgan fingerprint density at radius 1 is 0.667 bits per heavy atom. The summed E-state index contributed by atoms with van der Waals surface area (Å²) in [5.41, 5.74) is 1.53. The first-order valence-corrected chi connectivity index (χ1v) is 9.95. The minimum Gasteiger partial charge on any atom is -0.309 e. The summed E-state index contributed by atoms with van der Waals surface area (Å²) >= 11 is 2.17. The number of aromatic nitrogens is 1. The van der Waals surface area contributed by atoms with Crippen molar-refractivity contribution in [3.63, 3.8) is 0 Å². The first-order valence-electron chi connectivity index (χ1n) is 8.87. The Kier molecular flexibility index (Phi) is 4.83. The lowest BCUT2D eigenvalue weighted by molar-refractivity contribution is -0.138. The monoisotopic (exact) mass is 533 g/mol. The van der Waals surface area contributed by atoms with E-state index in [1.165, 1.54) is 12.1 Å². The van der Waals surface area contributed by atoms with Crippen LogP contribution in [0.3, 0.4) is 0 Å². The normalized spacial score (nSPS) is 12.8. The Morgan fingerprint density at radius 2 is 1.07 bits per heavy atom. The van der Waals surface area contributed by atoms with Crippen LogP contribution in [0.2, 0.25) is 0 Å². The summed E-state index contributed by atoms with van der Waals surface area (Å²) in [6.45, 7) is 3.74. The molecule has 0 saturated carbocycles. The van der Waals surface area contributed by atoms with Gasteiger partial charge in [0.25, 0.3) is 0 Å². The van der Waals surface area contributed by atoms with Crippen molar-refractivity contribution in [2.45, 2.75) is 26.2 Å². The van der Waals surface area contributed by atoms with E-state index in [4.69, 9.17) is 0 Å². The number of aryl methyl sites for hydroxylation is 2. The van der Waals surface area contributed by atoms with Crippen molar-refractivity contribution in [1.82, 2.24) is 4.57 Å². The van der Waals surface area contributed by atoms with E-state index >= 15 is 0 Å². The highest BCUT2D eigenvalue weighted by atomic mass is 127. The lowest BCUT2D eigenvalue weighted by Crippen LogP contribution is -2.05. The van der Waals surface area contributed by atoms with Crippen molar-refractivity contribution in [3.8, 4) is 5.69 Å². The van der Waals surface area contributed by atoms with E-state index in [9.17, 15) is 26.3 Å². The average molecular weight is 533 g/mol. The Labute approximate surface area is 181 Å². The molecule has 4 aromatic rings. The second-order valence-electron chi connectivity index (χ2n) is 7.18. The predicted octanol–water partition coefficient (Wildman–Crippen LogP) is 8.04. The van der Waals surface area contributed by atoms with E-state index in [-0.39, 0.29) is 10.8 Å². The van der Waals surface area contributed by atoms with Crippen LogP contribution in [0, 0.1) is 17.4 Å². The molecule has 1 nitrogen and oxygen atoms in total. The molecule has 0 N–H and O–H groups in total. The smallest absolute Gasteiger partial charge is 0.309 e. The van der Waals surface area contributed by atoms with E-state index in [0.717, 1.165) is 44.6 Å². The van der Waals surface area contributed by atoms with Crippen molar-refractivity contribution < 1.29 is 26.3 Å². The molecule has 1 aromatic heterocycles. The molecule has 0 aliphatic rings. The van der Waals surface area contributed by atoms with Crippen LogP contribution in [-0.4, -0.2) is 4.57 Å². The van der Waals surface area contributed by atoms with Crippen LogP contribution in [0.5, 0.6) is 0 Å². The summed E-state index contributed by atoms with van der Waals surface area (Å²) in [7, 11) is 0. The topological polar surface area (TPSA) is 4.93 Å². The van der Waals surface area contributed by atoms with Gasteiger partial charge in [-0.25, -0.2) is 0 Å². The SMILES string of the molecule is Cc1cc(I)cc(C)c1-n1c2ccc(C(F)(F)F)cc2c2cc(C(F)(F)F)ccc21. The summed E-state index contributed by atoms with van der Waals surface area (Å²) in [5, 5.41) is 0.256. The third-order valence-corrected chi connectivity index (χ3v) is 5.72. The molecule has 0 aliphatic heterocycles. The number of halogens is 7. The molecule has 0 fully saturated rings. The van der Waals surface area contributed by atoms with Crippen LogP contribution in [-0.2, 0) is 12.4 Å². The highest BCUT2D eigenvalue weighted by Gasteiger charge is 2.33. The van der Waals surface area contributed by atoms with Gasteiger partial charge in [-0.15, -0.1) is 0 Å². The van der Waals surface area contributed by atoms with Gasteiger partial charge in [-0.05, 0) is 96.1 Å². The van der Waals surface area contributed by atoms with Crippen molar-refractivity contribution in [1.29, 1.82) is 0 Å². The van der Waals surface area contributed by atoms with E-state index < -0.39 is 23.5 Å². The molecule has 0 amide bonds. The number of alkyl halides is 6. The van der Waals surface area contributed by atoms with Crippen molar-refractivity contribution >= 4 is 44.4 Å². The maximum Gasteiger partial charge on any atom is 0.416 e. The number of hydrogen-bond acceptors (Lipinski definition) is 0. The predicted molar refractivity (Wildman–Crippen MR) is 113 cm³/mol. The first kappa shape index (κ1) is 21.0. The van der Waals surface area contributed by atoms with Crippen molar-refractivity contribution in [3.05, 3.63) is 74.4 Å². The Balaban J connectivity index is 2.17. The molecule has 30 heavy (non-hydrogen) atoms. The van der Waals surface area contributed by atoms with Gasteiger partial charge in [0.05, 0.1) is 27.8 Å². The number of nitrogens with zero attached hydrogens (tertiary/aromatic N) is 1. The minimum absolute atomic E-state index is 0.128. The molecule has 0 saturated heterocycles. The molecule has 4 rings (SSSR count). The molecule has 0 radical (unpaired) electrons. The van der Waals surface area contributed by atoms with Crippen LogP contribution >= 0.6 is 22.6 Å². The molecule has 0 aliphatic carbocycles. The lowest BCUT2D eigenvalue weighted by atomic mass is 10.1. The maximum absolute atomic E-state index is 13.3. The molecule has 8 heteroatoms. The minimum atomic E-state index is -4.60. The molecule has 0 atom stereocenters. The summed E-state index contributed by atoms with van der Waals surface area (Å²) in [4.78, 5) is 0. The zero-order valence-corrected chi connectivity index (χ0v) is 17.9. The van der Waals surface area contributed by atoms with Gasteiger partial charge in [-0.3, -0.25) is 0 Å². The van der Waals surface area contributed by atoms with Gasteiger partial charge in [0.15, 0.2) is 0 Å². The van der Waals surface area contributed by atoms with Gasteiger partial charge in [0.2, 0.25) is 0 Å². The summed E-state index contributed by atoms with van der Waals surface area (Å²) in [6.07, 6.45) is -9.20. The van der Waals surface area contributed by atoms with Crippen molar-refractivity contribution in [2.24, 2.45) is 0 Å². The van der Waals surface area contributed by atoms with E-state index in [1.54, 1.807) is 4.57 Å². The van der Waals surface area contributed by atoms with Gasteiger partial charge >= 0.3 is 12.4 Å². The van der Waals surface area contributed by atoms with Crippen molar-refractivity contribution in [2.75, 3.05) is 0 Å². The van der Waals surface area contributed by atoms with Gasteiger partial charge < -0.3 is 4.57 Å². The van der Waals surface area contributed by atoms with Crippen LogP contribution < -0.4 is 0 Å². The van der Waals surface area contributed by atoms with Crippen LogP contribution in [0.4, 0.5) is 26.3 Å². The zero-order valence-electron chi connectivity index (χ0n) is 15.7. The van der Waals surface area contributed by atoms with Gasteiger partial charge in [0, 0.05) is 14.3 Å². The largest absolute Gasteiger partial charge is 0.416 e. The molecular formula is C22H14F6IN. The third-order valence-electron chi connectivity index (χ3n) is 5.10. The molecule has 156 valence electrons. The number of fused-ring (bicyclic) bond motifs is 3. The van der Waals surface area contributed by atoms with Crippen LogP contribution in [0.15, 0.2) is 48.5 Å². The third kappa shape index (κ3) is 3.44. The second kappa shape index (κ2) is 6.90. The highest BCUT2D eigenvalue weighted by Crippen LogP contribution is 2.40. The molecule has 3 aromatic carbocycles. The van der Waals surface area contributed by atoms with Gasteiger partial charge in [0.1, 0.15) is 0 Å². The summed E-state index contributed by atoms with van der Waals surface area (Å²) < 4.78 is 82.5. The molecule has 0 bridgehead atoms.